The van der Waals surface area contributed by atoms with Crippen molar-refractivity contribution in [2.45, 2.75) is 245 Å². The summed E-state index contributed by atoms with van der Waals surface area (Å²) in [6.45, 7) is 6.41. The summed E-state index contributed by atoms with van der Waals surface area (Å²) in [5.41, 5.74) is 0. The number of rotatable bonds is 48. The van der Waals surface area contributed by atoms with Crippen LogP contribution in [0.15, 0.2) is 109 Å². The van der Waals surface area contributed by atoms with Crippen LogP contribution in [0, 0.1) is 0 Å². The average Bonchev–Trinajstić information content (AvgIpc) is 3.33. The van der Waals surface area contributed by atoms with Gasteiger partial charge in [-0.25, -0.2) is 0 Å². The van der Waals surface area contributed by atoms with E-state index >= 15 is 0 Å². The van der Waals surface area contributed by atoms with Crippen LogP contribution in [0.2, 0.25) is 0 Å². The lowest BCUT2D eigenvalue weighted by Crippen LogP contribution is -2.30. The molecule has 0 saturated heterocycles. The van der Waals surface area contributed by atoms with E-state index in [1.54, 1.807) is 0 Å². The standard InChI is InChI=1S/C61H100O6/c1-4-7-10-13-16-19-22-25-28-30-33-35-38-41-44-47-50-53-59(62)65-56-58(67-61(64)55-52-49-46-43-40-37-32-27-24-21-18-15-12-9-6-3)57-66-60(63)54-51-48-45-42-39-36-34-31-29-26-23-20-17-14-11-8-5-2/h7,10,16-21,25-29,32-36,58H,4-6,8-9,11-15,22-24,30-31,37-57H2,1-3H3/b10-7-,19-16-,20-17-,21-18-,28-25-,29-26-,32-27-,35-33-,36-34-/t58-/m1/s1. The first-order valence-electron chi connectivity index (χ1n) is 27.4. The molecule has 0 radical (unpaired) electrons. The van der Waals surface area contributed by atoms with E-state index in [9.17, 15) is 14.4 Å². The minimum atomic E-state index is -0.807. The molecular weight excluding hydrogens is 829 g/mol. The third kappa shape index (κ3) is 52.9. The molecule has 380 valence electrons. The maximum atomic E-state index is 12.8. The van der Waals surface area contributed by atoms with E-state index in [1.165, 1.54) is 51.4 Å². The Hall–Kier alpha value is -3.93. The van der Waals surface area contributed by atoms with Crippen molar-refractivity contribution in [1.82, 2.24) is 0 Å². The molecule has 0 N–H and O–H groups in total. The molecule has 0 aromatic heterocycles. The Morgan fingerprint density at radius 3 is 0.910 bits per heavy atom. The van der Waals surface area contributed by atoms with Gasteiger partial charge in [-0.15, -0.1) is 0 Å². The summed E-state index contributed by atoms with van der Waals surface area (Å²) in [6, 6.07) is 0. The molecule has 0 unspecified atom stereocenters. The second-order valence-electron chi connectivity index (χ2n) is 17.7. The van der Waals surface area contributed by atoms with Crippen molar-refractivity contribution in [2.75, 3.05) is 13.2 Å². The molecule has 1 atom stereocenters. The Morgan fingerprint density at radius 1 is 0.313 bits per heavy atom. The number of hydrogen-bond acceptors (Lipinski definition) is 6. The summed E-state index contributed by atoms with van der Waals surface area (Å²) in [4.78, 5) is 38.1. The van der Waals surface area contributed by atoms with Gasteiger partial charge in [0.1, 0.15) is 13.2 Å². The minimum Gasteiger partial charge on any atom is -0.462 e. The van der Waals surface area contributed by atoms with E-state index in [0.29, 0.717) is 19.3 Å². The second-order valence-corrected chi connectivity index (χ2v) is 17.7. The topological polar surface area (TPSA) is 78.9 Å². The van der Waals surface area contributed by atoms with E-state index < -0.39 is 6.10 Å². The zero-order valence-corrected chi connectivity index (χ0v) is 43.4. The van der Waals surface area contributed by atoms with Crippen molar-refractivity contribution in [3.8, 4) is 0 Å². The van der Waals surface area contributed by atoms with E-state index in [2.05, 4.69) is 130 Å². The minimum absolute atomic E-state index is 0.105. The maximum Gasteiger partial charge on any atom is 0.306 e. The van der Waals surface area contributed by atoms with Crippen LogP contribution in [-0.2, 0) is 28.6 Å². The van der Waals surface area contributed by atoms with Crippen molar-refractivity contribution in [3.05, 3.63) is 109 Å². The Bertz CT molecular complexity index is 1390. The van der Waals surface area contributed by atoms with Crippen molar-refractivity contribution in [1.29, 1.82) is 0 Å². The Kier molecular flexibility index (Phi) is 51.5. The molecule has 0 spiro atoms. The summed E-state index contributed by atoms with van der Waals surface area (Å²) in [5, 5.41) is 0. The molecule has 0 amide bonds. The van der Waals surface area contributed by atoms with Crippen LogP contribution in [0.3, 0.4) is 0 Å². The first-order valence-corrected chi connectivity index (χ1v) is 27.4. The highest BCUT2D eigenvalue weighted by Crippen LogP contribution is 2.13. The number of hydrogen-bond donors (Lipinski definition) is 0. The van der Waals surface area contributed by atoms with Crippen LogP contribution in [0.4, 0.5) is 0 Å². The summed E-state index contributed by atoms with van der Waals surface area (Å²) < 4.78 is 16.8. The monoisotopic (exact) mass is 929 g/mol. The second kappa shape index (κ2) is 54.7. The predicted octanol–water partition coefficient (Wildman–Crippen LogP) is 18.3. The Balaban J connectivity index is 4.51. The lowest BCUT2D eigenvalue weighted by molar-refractivity contribution is -0.167. The van der Waals surface area contributed by atoms with Gasteiger partial charge in [0.15, 0.2) is 6.10 Å². The largest absolute Gasteiger partial charge is 0.462 e. The van der Waals surface area contributed by atoms with Gasteiger partial charge in [-0.3, -0.25) is 14.4 Å². The van der Waals surface area contributed by atoms with Crippen LogP contribution < -0.4 is 0 Å². The highest BCUT2D eigenvalue weighted by atomic mass is 16.6. The lowest BCUT2D eigenvalue weighted by atomic mass is 10.1. The van der Waals surface area contributed by atoms with Crippen LogP contribution >= 0.6 is 0 Å². The third-order valence-electron chi connectivity index (χ3n) is 11.2. The van der Waals surface area contributed by atoms with E-state index in [4.69, 9.17) is 14.2 Å². The molecule has 6 heteroatoms. The molecule has 0 aliphatic carbocycles. The van der Waals surface area contributed by atoms with Crippen molar-refractivity contribution >= 4 is 17.9 Å². The van der Waals surface area contributed by atoms with Gasteiger partial charge in [0.2, 0.25) is 0 Å². The summed E-state index contributed by atoms with van der Waals surface area (Å²) >= 11 is 0. The van der Waals surface area contributed by atoms with E-state index in [1.807, 2.05) is 0 Å². The zero-order chi connectivity index (χ0) is 48.6. The molecule has 0 aliphatic rings. The summed E-state index contributed by atoms with van der Waals surface area (Å²) in [6.07, 6.45) is 73.5. The molecule has 0 saturated carbocycles. The van der Waals surface area contributed by atoms with Gasteiger partial charge in [0.25, 0.3) is 0 Å². The number of carbonyl (C=O) groups excluding carboxylic acids is 3. The van der Waals surface area contributed by atoms with E-state index in [0.717, 1.165) is 148 Å². The fraction of sp³-hybridized carbons (Fsp3) is 0.656. The molecule has 0 fully saturated rings. The summed E-state index contributed by atoms with van der Waals surface area (Å²) in [7, 11) is 0. The van der Waals surface area contributed by atoms with Crippen LogP contribution in [0.25, 0.3) is 0 Å². The average molecular weight is 929 g/mol. The van der Waals surface area contributed by atoms with Gasteiger partial charge >= 0.3 is 17.9 Å². The third-order valence-corrected chi connectivity index (χ3v) is 11.2. The first kappa shape index (κ1) is 63.1. The van der Waals surface area contributed by atoms with E-state index in [-0.39, 0.29) is 31.1 Å². The quantitative estimate of drug-likeness (QED) is 0.0262. The fourth-order valence-corrected chi connectivity index (χ4v) is 7.12. The normalized spacial score (nSPS) is 12.9. The number of allylic oxidation sites excluding steroid dienone is 18. The molecular formula is C61H100O6. The summed E-state index contributed by atoms with van der Waals surface area (Å²) in [5.74, 6) is -0.965. The SMILES string of the molecule is CC/C=C\C/C=C\C/C=C\C/C=C\CCCCCCC(=O)OC[C@H](COC(=O)CCCCCC/C=C\C/C=C\C/C=C\CCCCC)OC(=O)CCCCCCC/C=C\C/C=C\CCCCC. The van der Waals surface area contributed by atoms with Gasteiger partial charge in [-0.2, -0.15) is 0 Å². The highest BCUT2D eigenvalue weighted by molar-refractivity contribution is 5.71. The number of carbonyl (C=O) groups is 3. The molecule has 0 aromatic rings. The maximum absolute atomic E-state index is 12.8. The zero-order valence-electron chi connectivity index (χ0n) is 43.4. The molecule has 6 nitrogen and oxygen atoms in total. The number of ether oxygens (including phenoxy) is 3. The molecule has 67 heavy (non-hydrogen) atoms. The number of unbranched alkanes of at least 4 members (excludes halogenated alkanes) is 19. The molecule has 0 bridgehead atoms. The Labute approximate surface area is 412 Å². The van der Waals surface area contributed by atoms with Crippen molar-refractivity contribution < 1.29 is 28.6 Å². The first-order chi connectivity index (χ1) is 33.0. The van der Waals surface area contributed by atoms with Gasteiger partial charge in [0, 0.05) is 19.3 Å². The highest BCUT2D eigenvalue weighted by Gasteiger charge is 2.19. The van der Waals surface area contributed by atoms with Crippen LogP contribution in [0.1, 0.15) is 239 Å². The van der Waals surface area contributed by atoms with Gasteiger partial charge in [0.05, 0.1) is 0 Å². The number of esters is 3. The molecule has 0 aromatic carbocycles. The van der Waals surface area contributed by atoms with Gasteiger partial charge < -0.3 is 14.2 Å². The van der Waals surface area contributed by atoms with Crippen LogP contribution in [0.5, 0.6) is 0 Å². The van der Waals surface area contributed by atoms with Crippen LogP contribution in [-0.4, -0.2) is 37.2 Å². The predicted molar refractivity (Wildman–Crippen MR) is 288 cm³/mol. The Morgan fingerprint density at radius 2 is 0.582 bits per heavy atom. The molecule has 0 rings (SSSR count). The fourth-order valence-electron chi connectivity index (χ4n) is 7.12. The van der Waals surface area contributed by atoms with Gasteiger partial charge in [-0.05, 0) is 128 Å². The molecule has 0 heterocycles. The van der Waals surface area contributed by atoms with Crippen molar-refractivity contribution in [2.24, 2.45) is 0 Å². The van der Waals surface area contributed by atoms with Crippen molar-refractivity contribution in [3.63, 3.8) is 0 Å². The smallest absolute Gasteiger partial charge is 0.306 e. The van der Waals surface area contributed by atoms with Gasteiger partial charge in [-0.1, -0.05) is 201 Å². The molecule has 0 aliphatic heterocycles. The lowest BCUT2D eigenvalue weighted by Gasteiger charge is -2.18.